The normalized spacial score (nSPS) is 16.4. The van der Waals surface area contributed by atoms with Crippen molar-refractivity contribution in [3.8, 4) is 11.4 Å². The van der Waals surface area contributed by atoms with E-state index in [2.05, 4.69) is 21.7 Å². The van der Waals surface area contributed by atoms with Crippen LogP contribution >= 0.6 is 11.3 Å². The lowest BCUT2D eigenvalue weighted by Gasteiger charge is -2.32. The minimum absolute atomic E-state index is 0.0201. The second kappa shape index (κ2) is 6.49. The van der Waals surface area contributed by atoms with Crippen molar-refractivity contribution >= 4 is 23.0 Å². The quantitative estimate of drug-likeness (QED) is 0.666. The molecule has 1 atom stereocenters. The fourth-order valence-electron chi connectivity index (χ4n) is 3.27. The maximum atomic E-state index is 12.8. The summed E-state index contributed by atoms with van der Waals surface area (Å²) in [5.41, 5.74) is 1.02. The molecule has 7 heteroatoms. The highest BCUT2D eigenvalue weighted by atomic mass is 32.1. The minimum Gasteiger partial charge on any atom is -0.328 e. The summed E-state index contributed by atoms with van der Waals surface area (Å²) in [4.78, 5) is 27.3. The summed E-state index contributed by atoms with van der Waals surface area (Å²) in [6.07, 6.45) is 0. The Morgan fingerprint density at radius 2 is 1.81 bits per heavy atom. The Kier molecular flexibility index (Phi) is 4.16. The van der Waals surface area contributed by atoms with E-state index in [0.29, 0.717) is 22.8 Å². The van der Waals surface area contributed by atoms with Crippen molar-refractivity contribution in [1.29, 1.82) is 0 Å². The fraction of sp³-hybridized carbons (Fsp3) is 0.263. The largest absolute Gasteiger partial charge is 0.328 e. The Morgan fingerprint density at radius 1 is 1.08 bits per heavy atom. The number of hydrogen-bond donors (Lipinski definition) is 0. The van der Waals surface area contributed by atoms with E-state index in [1.54, 1.807) is 17.0 Å². The van der Waals surface area contributed by atoms with Crippen molar-refractivity contribution in [3.63, 3.8) is 0 Å². The van der Waals surface area contributed by atoms with Crippen LogP contribution in [0.1, 0.15) is 45.1 Å². The number of carbonyl (C=O) groups is 2. The molecule has 1 amide bonds. The Labute approximate surface area is 155 Å². The molecule has 4 rings (SSSR count). The number of thiophene rings is 1. The van der Waals surface area contributed by atoms with Crippen LogP contribution in [0.25, 0.3) is 11.4 Å². The van der Waals surface area contributed by atoms with Gasteiger partial charge >= 0.3 is 0 Å². The van der Waals surface area contributed by atoms with Gasteiger partial charge in [0.15, 0.2) is 17.4 Å². The summed E-state index contributed by atoms with van der Waals surface area (Å²) in [5, 5.41) is 8.66. The van der Waals surface area contributed by atoms with Crippen molar-refractivity contribution in [3.05, 3.63) is 58.0 Å². The number of Topliss-reactive ketones (excluding diaryl/α,β-unsaturated/α-hetero) is 1. The van der Waals surface area contributed by atoms with E-state index in [-0.39, 0.29) is 17.7 Å². The van der Waals surface area contributed by atoms with Gasteiger partial charge < -0.3 is 9.47 Å². The summed E-state index contributed by atoms with van der Waals surface area (Å²) in [5.74, 6) is 1.52. The molecule has 1 aliphatic heterocycles. The smallest absolute Gasteiger partial charge is 0.264 e. The molecule has 1 aliphatic rings. The third-order valence-corrected chi connectivity index (χ3v) is 5.68. The van der Waals surface area contributed by atoms with Crippen LogP contribution in [-0.4, -0.2) is 37.9 Å². The number of nitrogens with zero attached hydrogens (tertiary/aromatic N) is 4. The fourth-order valence-corrected chi connectivity index (χ4v) is 4.14. The van der Waals surface area contributed by atoms with E-state index < -0.39 is 0 Å². The van der Waals surface area contributed by atoms with E-state index in [0.717, 1.165) is 17.2 Å². The molecule has 0 unspecified atom stereocenters. The van der Waals surface area contributed by atoms with E-state index in [9.17, 15) is 9.59 Å². The van der Waals surface area contributed by atoms with Gasteiger partial charge in [0.05, 0.1) is 22.3 Å². The summed E-state index contributed by atoms with van der Waals surface area (Å²) in [7, 11) is 0. The Bertz CT molecular complexity index is 977. The second-order valence-electron chi connectivity index (χ2n) is 6.43. The van der Waals surface area contributed by atoms with Crippen LogP contribution < -0.4 is 0 Å². The van der Waals surface area contributed by atoms with E-state index in [1.807, 2.05) is 30.3 Å². The van der Waals surface area contributed by atoms with Gasteiger partial charge in [-0.1, -0.05) is 30.3 Å². The maximum Gasteiger partial charge on any atom is 0.264 e. The molecule has 2 aromatic heterocycles. The molecule has 0 saturated heterocycles. The first-order valence-electron chi connectivity index (χ1n) is 8.44. The lowest BCUT2D eigenvalue weighted by atomic mass is 10.1. The SMILES string of the molecule is CC(=O)c1ccc(C(=O)N2Cc3nnc(-c4ccccc4)n3[C@@H](C)C2)s1. The summed E-state index contributed by atoms with van der Waals surface area (Å²) in [6, 6.07) is 13.4. The molecule has 3 aromatic rings. The molecular weight excluding hydrogens is 348 g/mol. The van der Waals surface area contributed by atoms with Crippen molar-refractivity contribution in [2.75, 3.05) is 6.54 Å². The minimum atomic E-state index is -0.0649. The van der Waals surface area contributed by atoms with Crippen molar-refractivity contribution in [2.24, 2.45) is 0 Å². The molecule has 0 spiro atoms. The van der Waals surface area contributed by atoms with E-state index in [1.165, 1.54) is 18.3 Å². The van der Waals surface area contributed by atoms with Crippen LogP contribution in [0.2, 0.25) is 0 Å². The predicted molar refractivity (Wildman–Crippen MR) is 99.2 cm³/mol. The van der Waals surface area contributed by atoms with Gasteiger partial charge in [-0.25, -0.2) is 0 Å². The average Bonchev–Trinajstić information content (AvgIpc) is 3.29. The first-order chi connectivity index (χ1) is 12.5. The zero-order chi connectivity index (χ0) is 18.3. The molecule has 1 aromatic carbocycles. The Morgan fingerprint density at radius 3 is 2.50 bits per heavy atom. The summed E-state index contributed by atoms with van der Waals surface area (Å²) < 4.78 is 2.11. The van der Waals surface area contributed by atoms with Gasteiger partial charge in [-0.05, 0) is 26.0 Å². The first kappa shape index (κ1) is 16.7. The Hall–Kier alpha value is -2.80. The monoisotopic (exact) mass is 366 g/mol. The molecular formula is C19H18N4O2S. The van der Waals surface area contributed by atoms with Crippen molar-refractivity contribution in [1.82, 2.24) is 19.7 Å². The van der Waals surface area contributed by atoms with E-state index in [4.69, 9.17) is 0 Å². The van der Waals surface area contributed by atoms with Crippen molar-refractivity contribution in [2.45, 2.75) is 26.4 Å². The van der Waals surface area contributed by atoms with Gasteiger partial charge in [0, 0.05) is 12.1 Å². The van der Waals surface area contributed by atoms with Crippen LogP contribution in [-0.2, 0) is 6.54 Å². The molecule has 0 fully saturated rings. The van der Waals surface area contributed by atoms with Crippen molar-refractivity contribution < 1.29 is 9.59 Å². The molecule has 0 radical (unpaired) electrons. The summed E-state index contributed by atoms with van der Waals surface area (Å²) in [6.45, 7) is 4.57. The number of rotatable bonds is 3. The maximum absolute atomic E-state index is 12.8. The topological polar surface area (TPSA) is 68.1 Å². The summed E-state index contributed by atoms with van der Waals surface area (Å²) >= 11 is 1.24. The van der Waals surface area contributed by atoms with Crippen LogP contribution in [0.3, 0.4) is 0 Å². The lowest BCUT2D eigenvalue weighted by molar-refractivity contribution is 0.0687. The van der Waals surface area contributed by atoms with Crippen LogP contribution in [0.4, 0.5) is 0 Å². The number of hydrogen-bond acceptors (Lipinski definition) is 5. The first-order valence-corrected chi connectivity index (χ1v) is 9.25. The number of fused-ring (bicyclic) bond motifs is 1. The zero-order valence-electron chi connectivity index (χ0n) is 14.5. The number of amides is 1. The predicted octanol–water partition coefficient (Wildman–Crippen LogP) is 3.43. The average molecular weight is 366 g/mol. The number of carbonyl (C=O) groups excluding carboxylic acids is 2. The van der Waals surface area contributed by atoms with Gasteiger partial charge in [0.25, 0.3) is 5.91 Å². The molecule has 0 bridgehead atoms. The van der Waals surface area contributed by atoms with Crippen LogP contribution in [0.5, 0.6) is 0 Å². The number of benzene rings is 1. The highest BCUT2D eigenvalue weighted by Crippen LogP contribution is 2.29. The standard InChI is InChI=1S/C19H18N4O2S/c1-12-10-22(19(25)16-9-8-15(26-16)13(2)24)11-17-20-21-18(23(12)17)14-6-4-3-5-7-14/h3-9,12H,10-11H2,1-2H3/t12-/m0/s1. The zero-order valence-corrected chi connectivity index (χ0v) is 15.4. The van der Waals surface area contributed by atoms with Gasteiger partial charge in [-0.2, -0.15) is 0 Å². The number of aromatic nitrogens is 3. The van der Waals surface area contributed by atoms with Crippen LogP contribution in [0, 0.1) is 0 Å². The van der Waals surface area contributed by atoms with Gasteiger partial charge in [0.1, 0.15) is 0 Å². The third kappa shape index (κ3) is 2.84. The van der Waals surface area contributed by atoms with Crippen LogP contribution in [0.15, 0.2) is 42.5 Å². The molecule has 0 aliphatic carbocycles. The molecule has 0 N–H and O–H groups in total. The van der Waals surface area contributed by atoms with Gasteiger partial charge in [0.2, 0.25) is 0 Å². The lowest BCUT2D eigenvalue weighted by Crippen LogP contribution is -2.40. The molecule has 6 nitrogen and oxygen atoms in total. The molecule has 0 saturated carbocycles. The van der Waals surface area contributed by atoms with Gasteiger partial charge in [-0.15, -0.1) is 21.5 Å². The highest BCUT2D eigenvalue weighted by molar-refractivity contribution is 7.15. The van der Waals surface area contributed by atoms with E-state index >= 15 is 0 Å². The Balaban J connectivity index is 1.61. The van der Waals surface area contributed by atoms with Gasteiger partial charge in [-0.3, -0.25) is 9.59 Å². The molecule has 3 heterocycles. The molecule has 132 valence electrons. The molecule has 26 heavy (non-hydrogen) atoms. The highest BCUT2D eigenvalue weighted by Gasteiger charge is 2.30. The second-order valence-corrected chi connectivity index (χ2v) is 7.51. The third-order valence-electron chi connectivity index (χ3n) is 4.51. The number of ketones is 1.